The average molecular weight is 288 g/mol. The van der Waals surface area contributed by atoms with Gasteiger partial charge in [0.15, 0.2) is 0 Å². The number of hydrogen-bond donors (Lipinski definition) is 0. The molecule has 3 nitrogen and oxygen atoms in total. The van der Waals surface area contributed by atoms with Crippen LogP contribution in [-0.2, 0) is 4.74 Å². The molecule has 1 fully saturated rings. The van der Waals surface area contributed by atoms with Gasteiger partial charge >= 0.3 is 0 Å². The normalized spacial score (nSPS) is 20.9. The van der Waals surface area contributed by atoms with Crippen molar-refractivity contribution in [2.24, 2.45) is 4.99 Å². The number of ether oxygens (including phenoxy) is 1. The van der Waals surface area contributed by atoms with Gasteiger partial charge < -0.3 is 4.74 Å². The first-order valence-electron chi connectivity index (χ1n) is 8.00. The highest BCUT2D eigenvalue weighted by Crippen LogP contribution is 2.26. The van der Waals surface area contributed by atoms with Crippen LogP contribution in [0.2, 0.25) is 0 Å². The zero-order valence-electron chi connectivity index (χ0n) is 14.0. The maximum atomic E-state index is 6.08. The second-order valence-electron chi connectivity index (χ2n) is 6.35. The Kier molecular flexibility index (Phi) is 5.40. The topological polar surface area (TPSA) is 24.8 Å². The van der Waals surface area contributed by atoms with Crippen molar-refractivity contribution in [3.8, 4) is 0 Å². The summed E-state index contributed by atoms with van der Waals surface area (Å²) in [7, 11) is 2.17. The van der Waals surface area contributed by atoms with Crippen molar-refractivity contribution in [1.82, 2.24) is 4.90 Å². The molecule has 1 aliphatic heterocycles. The van der Waals surface area contributed by atoms with Crippen LogP contribution in [0, 0.1) is 13.8 Å². The summed E-state index contributed by atoms with van der Waals surface area (Å²) in [5, 5.41) is 0. The third kappa shape index (κ3) is 4.07. The van der Waals surface area contributed by atoms with Gasteiger partial charge in [-0.25, -0.2) is 4.99 Å². The first kappa shape index (κ1) is 16.0. The number of hydrogen-bond acceptors (Lipinski definition) is 3. The Bertz CT molecular complexity index is 488. The summed E-state index contributed by atoms with van der Waals surface area (Å²) in [4.78, 5) is 7.30. The van der Waals surface area contributed by atoms with E-state index in [2.05, 4.69) is 57.8 Å². The molecule has 1 heterocycles. The summed E-state index contributed by atoms with van der Waals surface area (Å²) in [6, 6.07) is 6.62. The molecule has 21 heavy (non-hydrogen) atoms. The number of likely N-dealkylation sites (N-methyl/N-ethyl adjacent to an activating group) is 1. The molecule has 0 aliphatic carbocycles. The van der Waals surface area contributed by atoms with Gasteiger partial charge in [-0.05, 0) is 65.3 Å². The summed E-state index contributed by atoms with van der Waals surface area (Å²) in [5.74, 6) is 0.879. The Labute approximate surface area is 129 Å². The quantitative estimate of drug-likeness (QED) is 0.614. The third-order valence-corrected chi connectivity index (χ3v) is 4.07. The highest BCUT2D eigenvalue weighted by Gasteiger charge is 2.26. The van der Waals surface area contributed by atoms with E-state index in [1.54, 1.807) is 0 Å². The zero-order chi connectivity index (χ0) is 15.4. The fourth-order valence-corrected chi connectivity index (χ4v) is 2.90. The van der Waals surface area contributed by atoms with Gasteiger partial charge in [0.25, 0.3) is 0 Å². The van der Waals surface area contributed by atoms with E-state index in [0.29, 0.717) is 6.04 Å². The number of para-hydroxylation sites is 1. The predicted molar refractivity (Wildman–Crippen MR) is 89.5 cm³/mol. The lowest BCUT2D eigenvalue weighted by atomic mass is 10.0. The van der Waals surface area contributed by atoms with E-state index in [9.17, 15) is 0 Å². The zero-order valence-corrected chi connectivity index (χ0v) is 14.0. The summed E-state index contributed by atoms with van der Waals surface area (Å²) < 4.78 is 6.08. The van der Waals surface area contributed by atoms with Crippen molar-refractivity contribution in [3.63, 3.8) is 0 Å². The molecule has 0 radical (unpaired) electrons. The van der Waals surface area contributed by atoms with Crippen molar-refractivity contribution < 1.29 is 4.74 Å². The molecule has 1 aromatic rings. The molecule has 0 amide bonds. The monoisotopic (exact) mass is 288 g/mol. The highest BCUT2D eigenvalue weighted by molar-refractivity contribution is 5.85. The van der Waals surface area contributed by atoms with Gasteiger partial charge in [0, 0.05) is 0 Å². The van der Waals surface area contributed by atoms with Gasteiger partial charge in [-0.2, -0.15) is 0 Å². The van der Waals surface area contributed by atoms with Crippen LogP contribution in [0.4, 0.5) is 5.69 Å². The Morgan fingerprint density at radius 1 is 1.24 bits per heavy atom. The molecule has 0 saturated carbocycles. The van der Waals surface area contributed by atoms with Crippen LogP contribution >= 0.6 is 0 Å². The van der Waals surface area contributed by atoms with Gasteiger partial charge in [-0.3, -0.25) is 4.90 Å². The molecule has 116 valence electrons. The fourth-order valence-electron chi connectivity index (χ4n) is 2.90. The minimum atomic E-state index is 0.156. The number of rotatable bonds is 3. The molecule has 0 spiro atoms. The lowest BCUT2D eigenvalue weighted by Gasteiger charge is -2.33. The van der Waals surface area contributed by atoms with Gasteiger partial charge in [-0.1, -0.05) is 24.6 Å². The number of benzene rings is 1. The van der Waals surface area contributed by atoms with Crippen LogP contribution < -0.4 is 0 Å². The molecule has 1 saturated heterocycles. The van der Waals surface area contributed by atoms with Crippen molar-refractivity contribution in [2.75, 3.05) is 13.6 Å². The van der Waals surface area contributed by atoms with Crippen LogP contribution in [0.1, 0.15) is 44.2 Å². The van der Waals surface area contributed by atoms with Crippen molar-refractivity contribution in [1.29, 1.82) is 0 Å². The molecular formula is C18H28N2O. The van der Waals surface area contributed by atoms with Gasteiger partial charge in [0.2, 0.25) is 5.90 Å². The van der Waals surface area contributed by atoms with Gasteiger partial charge in [0.1, 0.15) is 0 Å². The first-order valence-corrected chi connectivity index (χ1v) is 8.00. The van der Waals surface area contributed by atoms with Crippen LogP contribution in [0.15, 0.2) is 23.2 Å². The van der Waals surface area contributed by atoms with E-state index in [1.807, 2.05) is 0 Å². The summed E-state index contributed by atoms with van der Waals surface area (Å²) in [6.45, 7) is 9.50. The number of aliphatic imine (C=N–C) groups is 1. The summed E-state index contributed by atoms with van der Waals surface area (Å²) in [6.07, 6.45) is 3.81. The third-order valence-electron chi connectivity index (χ3n) is 4.07. The molecular weight excluding hydrogens is 260 g/mol. The smallest absolute Gasteiger partial charge is 0.206 e. The minimum Gasteiger partial charge on any atom is -0.477 e. The molecule has 1 aromatic carbocycles. The Morgan fingerprint density at radius 3 is 2.48 bits per heavy atom. The van der Waals surface area contributed by atoms with E-state index in [1.165, 1.54) is 24.0 Å². The molecule has 0 N–H and O–H groups in total. The molecule has 3 heteroatoms. The van der Waals surface area contributed by atoms with Crippen molar-refractivity contribution >= 4 is 11.6 Å². The standard InChI is InChI=1S/C18H28N2O/c1-13(2)21-18(16-11-6-7-12-20(16)5)19-17-14(3)9-8-10-15(17)4/h8-10,13,16H,6-7,11-12H2,1-5H3. The number of nitrogens with zero attached hydrogens (tertiary/aromatic N) is 2. The van der Waals surface area contributed by atoms with E-state index < -0.39 is 0 Å². The van der Waals surface area contributed by atoms with Gasteiger partial charge in [-0.15, -0.1) is 0 Å². The lowest BCUT2D eigenvalue weighted by Crippen LogP contribution is -2.43. The largest absolute Gasteiger partial charge is 0.477 e. The average Bonchev–Trinajstić information content (AvgIpc) is 2.42. The number of aryl methyl sites for hydroxylation is 2. The minimum absolute atomic E-state index is 0.156. The second kappa shape index (κ2) is 7.08. The molecule has 1 atom stereocenters. The predicted octanol–water partition coefficient (Wildman–Crippen LogP) is 4.24. The van der Waals surface area contributed by atoms with E-state index in [0.717, 1.165) is 24.6 Å². The number of piperidine rings is 1. The Hall–Kier alpha value is -1.35. The first-order chi connectivity index (χ1) is 9.99. The van der Waals surface area contributed by atoms with Crippen LogP contribution in [0.5, 0.6) is 0 Å². The Morgan fingerprint density at radius 2 is 1.90 bits per heavy atom. The van der Waals surface area contributed by atoms with Crippen LogP contribution in [-0.4, -0.2) is 36.5 Å². The van der Waals surface area contributed by atoms with Crippen molar-refractivity contribution in [3.05, 3.63) is 29.3 Å². The lowest BCUT2D eigenvalue weighted by molar-refractivity contribution is 0.163. The van der Waals surface area contributed by atoms with Crippen LogP contribution in [0.25, 0.3) is 0 Å². The van der Waals surface area contributed by atoms with Crippen molar-refractivity contribution in [2.45, 2.75) is 59.1 Å². The van der Waals surface area contributed by atoms with E-state index in [-0.39, 0.29) is 6.10 Å². The van der Waals surface area contributed by atoms with Gasteiger partial charge in [0.05, 0.1) is 17.8 Å². The molecule has 0 aromatic heterocycles. The maximum absolute atomic E-state index is 6.08. The second-order valence-corrected chi connectivity index (χ2v) is 6.35. The number of likely N-dealkylation sites (tertiary alicyclic amines) is 1. The summed E-state index contributed by atoms with van der Waals surface area (Å²) >= 11 is 0. The highest BCUT2D eigenvalue weighted by atomic mass is 16.5. The summed E-state index contributed by atoms with van der Waals surface area (Å²) in [5.41, 5.74) is 3.48. The fraction of sp³-hybridized carbons (Fsp3) is 0.611. The van der Waals surface area contributed by atoms with E-state index in [4.69, 9.17) is 9.73 Å². The maximum Gasteiger partial charge on any atom is 0.206 e. The molecule has 1 aliphatic rings. The Balaban J connectivity index is 2.37. The van der Waals surface area contributed by atoms with E-state index >= 15 is 0 Å². The SMILES string of the molecule is Cc1cccc(C)c1N=C(OC(C)C)C1CCCCN1C. The molecule has 0 bridgehead atoms. The molecule has 2 rings (SSSR count). The van der Waals surface area contributed by atoms with Crippen LogP contribution in [0.3, 0.4) is 0 Å². The molecule has 1 unspecified atom stereocenters.